The Hall–Kier alpha value is -2.61. The smallest absolute Gasteiger partial charge is 0.325 e. The van der Waals surface area contributed by atoms with Crippen molar-refractivity contribution in [1.82, 2.24) is 10.3 Å². The number of rotatable bonds is 5. The van der Waals surface area contributed by atoms with Gasteiger partial charge in [-0.05, 0) is 0 Å². The highest BCUT2D eigenvalue weighted by atomic mass is 16.6. The Balaban J connectivity index is 2.54. The molecule has 1 aromatic heterocycles. The number of aromatic amines is 1. The fraction of sp³-hybridized carbons (Fsp3) is 0.308. The van der Waals surface area contributed by atoms with Gasteiger partial charge in [-0.25, -0.2) is 0 Å². The number of nitrogens with one attached hydrogen (secondary N) is 2. The maximum atomic E-state index is 12.1. The van der Waals surface area contributed by atoms with E-state index in [-0.39, 0.29) is 30.2 Å². The zero-order valence-electron chi connectivity index (χ0n) is 11.4. The Bertz CT molecular complexity index is 650. The van der Waals surface area contributed by atoms with E-state index in [0.29, 0.717) is 5.71 Å². The first-order valence-corrected chi connectivity index (χ1v) is 6.16. The number of fused-ring (bicyclic) bond motifs is 1. The Morgan fingerprint density at radius 2 is 2.43 bits per heavy atom. The molecule has 3 N–H and O–H groups in total. The fourth-order valence-corrected chi connectivity index (χ4v) is 2.05. The van der Waals surface area contributed by atoms with Crippen LogP contribution < -0.4 is 15.6 Å². The van der Waals surface area contributed by atoms with Crippen LogP contribution in [-0.2, 0) is 9.63 Å². The molecule has 0 radical (unpaired) electrons. The molecule has 0 saturated carbocycles. The number of carbonyl (C=O) groups is 1. The molecule has 0 saturated heterocycles. The molecule has 2 heterocycles. The van der Waals surface area contributed by atoms with Gasteiger partial charge in [0.15, 0.2) is 5.88 Å². The molecule has 8 heteroatoms. The van der Waals surface area contributed by atoms with Crippen molar-refractivity contribution in [2.45, 2.75) is 6.04 Å². The number of hydrogen-bond acceptors (Lipinski definition) is 6. The zero-order valence-corrected chi connectivity index (χ0v) is 11.4. The topological polar surface area (TPSA) is 113 Å². The maximum absolute atomic E-state index is 12.1. The first kappa shape index (κ1) is 14.8. The third-order valence-corrected chi connectivity index (χ3v) is 2.95. The lowest BCUT2D eigenvalue weighted by atomic mass is 9.94. The molecule has 0 spiro atoms. The quantitative estimate of drug-likeness (QED) is 0.401. The van der Waals surface area contributed by atoms with Crippen molar-refractivity contribution in [3.8, 4) is 5.88 Å². The van der Waals surface area contributed by atoms with Crippen molar-refractivity contribution in [2.24, 2.45) is 5.16 Å². The lowest BCUT2D eigenvalue weighted by molar-refractivity contribution is -0.139. The summed E-state index contributed by atoms with van der Waals surface area (Å²) in [6.45, 7) is 3.79. The number of methoxy groups -OCH3 is 1. The summed E-state index contributed by atoms with van der Waals surface area (Å²) < 4.78 is 4.96. The van der Waals surface area contributed by atoms with E-state index in [1.165, 1.54) is 19.3 Å². The van der Waals surface area contributed by atoms with Gasteiger partial charge in [0.1, 0.15) is 18.4 Å². The number of hydrogen-bond donors (Lipinski definition) is 3. The van der Waals surface area contributed by atoms with Gasteiger partial charge in [-0.2, -0.15) is 0 Å². The van der Waals surface area contributed by atoms with E-state index in [9.17, 15) is 14.7 Å². The van der Waals surface area contributed by atoms with Gasteiger partial charge < -0.3 is 14.7 Å². The largest absolute Gasteiger partial charge is 0.482 e. The number of oxime groups is 1. The van der Waals surface area contributed by atoms with Crippen LogP contribution >= 0.6 is 0 Å². The van der Waals surface area contributed by atoms with E-state index < -0.39 is 17.6 Å². The summed E-state index contributed by atoms with van der Waals surface area (Å²) in [6.07, 6.45) is 1.51. The number of aliphatic carboxylic acids is 1. The molecule has 0 bridgehead atoms. The third-order valence-electron chi connectivity index (χ3n) is 2.95. The van der Waals surface area contributed by atoms with Crippen molar-refractivity contribution >= 4 is 11.7 Å². The molecule has 1 aromatic rings. The fourth-order valence-electron chi connectivity index (χ4n) is 2.05. The summed E-state index contributed by atoms with van der Waals surface area (Å²) in [7, 11) is 1.38. The summed E-state index contributed by atoms with van der Waals surface area (Å²) in [5.74, 6) is -0.907. The third kappa shape index (κ3) is 2.95. The molecule has 1 aliphatic heterocycles. The SMILES string of the molecule is C=CCON=C1CNC(C(=O)O)c2cc(OC)[nH]c(=O)c21. The van der Waals surface area contributed by atoms with Crippen LogP contribution in [0.4, 0.5) is 0 Å². The molecule has 2 rings (SSSR count). The zero-order chi connectivity index (χ0) is 15.4. The molecule has 0 aromatic carbocycles. The van der Waals surface area contributed by atoms with Crippen LogP contribution in [0.3, 0.4) is 0 Å². The van der Waals surface area contributed by atoms with E-state index >= 15 is 0 Å². The number of carboxylic acid groups (broad SMARTS) is 1. The van der Waals surface area contributed by atoms with Gasteiger partial charge in [0.05, 0.1) is 12.7 Å². The second kappa shape index (κ2) is 6.23. The van der Waals surface area contributed by atoms with E-state index in [1.807, 2.05) is 0 Å². The van der Waals surface area contributed by atoms with Crippen LogP contribution in [0.5, 0.6) is 5.88 Å². The van der Waals surface area contributed by atoms with Gasteiger partial charge in [-0.1, -0.05) is 17.8 Å². The van der Waals surface area contributed by atoms with Crippen molar-refractivity contribution in [3.63, 3.8) is 0 Å². The predicted octanol–water partition coefficient (Wildman–Crippen LogP) is 0.0191. The highest BCUT2D eigenvalue weighted by Crippen LogP contribution is 2.23. The molecule has 21 heavy (non-hydrogen) atoms. The Kier molecular flexibility index (Phi) is 4.39. The summed E-state index contributed by atoms with van der Waals surface area (Å²) in [5.41, 5.74) is 0.327. The maximum Gasteiger partial charge on any atom is 0.325 e. The van der Waals surface area contributed by atoms with Gasteiger partial charge in [0.2, 0.25) is 0 Å². The average Bonchev–Trinajstić information content (AvgIpc) is 2.46. The lowest BCUT2D eigenvalue weighted by Crippen LogP contribution is -2.42. The first-order chi connectivity index (χ1) is 10.1. The van der Waals surface area contributed by atoms with Crippen LogP contribution in [0.15, 0.2) is 28.7 Å². The summed E-state index contributed by atoms with van der Waals surface area (Å²) in [6, 6.07) is 0.458. The number of carboxylic acids is 1. The normalized spacial score (nSPS) is 18.9. The predicted molar refractivity (Wildman–Crippen MR) is 74.7 cm³/mol. The number of H-pyrrole nitrogens is 1. The molecule has 0 aliphatic carbocycles. The molecule has 112 valence electrons. The number of ether oxygens (including phenoxy) is 1. The van der Waals surface area contributed by atoms with E-state index in [0.717, 1.165) is 0 Å². The number of pyridine rings is 1. The van der Waals surface area contributed by atoms with Crippen LogP contribution in [-0.4, -0.2) is 42.0 Å². The Morgan fingerprint density at radius 1 is 1.67 bits per heavy atom. The Morgan fingerprint density at radius 3 is 3.05 bits per heavy atom. The van der Waals surface area contributed by atoms with Gasteiger partial charge >= 0.3 is 5.97 Å². The van der Waals surface area contributed by atoms with Gasteiger partial charge in [0, 0.05) is 18.2 Å². The first-order valence-electron chi connectivity index (χ1n) is 6.16. The Labute approximate surface area is 120 Å². The van der Waals surface area contributed by atoms with Gasteiger partial charge in [-0.15, -0.1) is 0 Å². The summed E-state index contributed by atoms with van der Waals surface area (Å²) in [4.78, 5) is 30.9. The average molecular weight is 293 g/mol. The molecule has 0 amide bonds. The van der Waals surface area contributed by atoms with Gasteiger partial charge in [0.25, 0.3) is 5.56 Å². The minimum atomic E-state index is -1.09. The minimum Gasteiger partial charge on any atom is -0.482 e. The molecule has 1 aliphatic rings. The molecule has 0 fully saturated rings. The second-order valence-electron chi connectivity index (χ2n) is 4.27. The van der Waals surface area contributed by atoms with Crippen LogP contribution in [0.2, 0.25) is 0 Å². The monoisotopic (exact) mass is 293 g/mol. The van der Waals surface area contributed by atoms with Crippen molar-refractivity contribution in [1.29, 1.82) is 0 Å². The lowest BCUT2D eigenvalue weighted by Gasteiger charge is -2.24. The highest BCUT2D eigenvalue weighted by Gasteiger charge is 2.32. The van der Waals surface area contributed by atoms with Crippen LogP contribution in [0.25, 0.3) is 0 Å². The van der Waals surface area contributed by atoms with E-state index in [2.05, 4.69) is 22.0 Å². The van der Waals surface area contributed by atoms with Crippen molar-refractivity contribution < 1.29 is 19.5 Å². The van der Waals surface area contributed by atoms with Gasteiger partial charge in [-0.3, -0.25) is 19.9 Å². The molecule has 1 unspecified atom stereocenters. The molecular weight excluding hydrogens is 278 g/mol. The molecule has 1 atom stereocenters. The van der Waals surface area contributed by atoms with Crippen molar-refractivity contribution in [2.75, 3.05) is 20.3 Å². The number of aromatic nitrogens is 1. The standard InChI is InChI=1S/C13H15N3O5/c1-3-4-21-16-8-6-14-11(13(18)19)7-5-9(20-2)15-12(17)10(7)8/h3,5,11,14H,1,4,6H2,2H3,(H,15,17)(H,18,19). The second-order valence-corrected chi connectivity index (χ2v) is 4.27. The molecular formula is C13H15N3O5. The summed E-state index contributed by atoms with van der Waals surface area (Å²) >= 11 is 0. The van der Waals surface area contributed by atoms with Crippen LogP contribution in [0, 0.1) is 0 Å². The van der Waals surface area contributed by atoms with E-state index in [1.54, 1.807) is 0 Å². The summed E-state index contributed by atoms with van der Waals surface area (Å²) in [5, 5.41) is 15.9. The van der Waals surface area contributed by atoms with Crippen LogP contribution in [0.1, 0.15) is 17.2 Å². The highest BCUT2D eigenvalue weighted by molar-refractivity contribution is 6.05. The van der Waals surface area contributed by atoms with Crippen molar-refractivity contribution in [3.05, 3.63) is 40.2 Å². The van der Waals surface area contributed by atoms with E-state index in [4.69, 9.17) is 9.57 Å². The minimum absolute atomic E-state index is 0.108. The number of nitrogens with zero attached hydrogens (tertiary/aromatic N) is 1. The molecule has 8 nitrogen and oxygen atoms in total.